The summed E-state index contributed by atoms with van der Waals surface area (Å²) in [7, 11) is 3.88. The molecule has 3 nitrogen and oxygen atoms in total. The molecule has 0 aliphatic carbocycles. The Kier molecular flexibility index (Phi) is 5.73. The minimum absolute atomic E-state index is 0.277. The Morgan fingerprint density at radius 3 is 1.88 bits per heavy atom. The largest absolute Gasteiger partial charge is 0.478 e. The third kappa shape index (κ3) is 4.50. The van der Waals surface area contributed by atoms with Crippen molar-refractivity contribution in [3.05, 3.63) is 65.2 Å². The molecule has 0 aromatic heterocycles. The van der Waals surface area contributed by atoms with Crippen LogP contribution >= 0.6 is 21.6 Å². The van der Waals surface area contributed by atoms with Crippen molar-refractivity contribution >= 4 is 33.2 Å². The Bertz CT molecular complexity index is 753. The van der Waals surface area contributed by atoms with E-state index in [0.717, 1.165) is 35.7 Å². The SMILES string of the molecule is O=C(O)c1ccc(C#Cc2ccc(N3CCSSCC3)cc2)cc1. The molecule has 0 bridgehead atoms. The second kappa shape index (κ2) is 8.18. The van der Waals surface area contributed by atoms with E-state index in [9.17, 15) is 4.79 Å². The quantitative estimate of drug-likeness (QED) is 0.652. The van der Waals surface area contributed by atoms with Crippen molar-refractivity contribution < 1.29 is 9.90 Å². The van der Waals surface area contributed by atoms with E-state index in [2.05, 4.69) is 28.9 Å². The third-order valence-corrected chi connectivity index (χ3v) is 6.05. The van der Waals surface area contributed by atoms with E-state index >= 15 is 0 Å². The molecule has 0 amide bonds. The first-order chi connectivity index (χ1) is 11.7. The average Bonchev–Trinajstić information content (AvgIpc) is 2.90. The first kappa shape index (κ1) is 16.8. The van der Waals surface area contributed by atoms with Gasteiger partial charge < -0.3 is 10.0 Å². The highest BCUT2D eigenvalue weighted by molar-refractivity contribution is 8.76. The van der Waals surface area contributed by atoms with Gasteiger partial charge in [0.15, 0.2) is 0 Å². The lowest BCUT2D eigenvalue weighted by Gasteiger charge is -2.21. The Balaban J connectivity index is 1.69. The van der Waals surface area contributed by atoms with Gasteiger partial charge in [0, 0.05) is 41.4 Å². The second-order valence-corrected chi connectivity index (χ2v) is 8.01. The first-order valence-corrected chi connectivity index (χ1v) is 10.2. The van der Waals surface area contributed by atoms with Crippen molar-refractivity contribution in [3.8, 4) is 11.8 Å². The summed E-state index contributed by atoms with van der Waals surface area (Å²) in [6, 6.07) is 14.9. The average molecular weight is 355 g/mol. The summed E-state index contributed by atoms with van der Waals surface area (Å²) in [5.41, 5.74) is 3.29. The van der Waals surface area contributed by atoms with Crippen LogP contribution in [0.3, 0.4) is 0 Å². The number of anilines is 1. The maximum Gasteiger partial charge on any atom is 0.335 e. The van der Waals surface area contributed by atoms with Gasteiger partial charge in [-0.3, -0.25) is 0 Å². The molecule has 24 heavy (non-hydrogen) atoms. The molecule has 0 atom stereocenters. The van der Waals surface area contributed by atoms with Crippen molar-refractivity contribution in [1.29, 1.82) is 0 Å². The van der Waals surface area contributed by atoms with Gasteiger partial charge in [0.25, 0.3) is 0 Å². The molecular formula is C19H17NO2S2. The van der Waals surface area contributed by atoms with Crippen LogP contribution in [0.5, 0.6) is 0 Å². The minimum atomic E-state index is -0.921. The Morgan fingerprint density at radius 2 is 1.38 bits per heavy atom. The molecule has 2 aromatic carbocycles. The van der Waals surface area contributed by atoms with Crippen LogP contribution in [0, 0.1) is 11.8 Å². The summed E-state index contributed by atoms with van der Waals surface area (Å²) in [4.78, 5) is 13.2. The summed E-state index contributed by atoms with van der Waals surface area (Å²) in [6.07, 6.45) is 0. The van der Waals surface area contributed by atoms with Gasteiger partial charge in [0.1, 0.15) is 0 Å². The first-order valence-electron chi connectivity index (χ1n) is 7.67. The summed E-state index contributed by atoms with van der Waals surface area (Å²) < 4.78 is 0. The van der Waals surface area contributed by atoms with Crippen LogP contribution in [-0.2, 0) is 0 Å². The number of hydrogen-bond donors (Lipinski definition) is 1. The number of carboxylic acid groups (broad SMARTS) is 1. The normalized spacial score (nSPS) is 14.4. The number of nitrogens with zero attached hydrogens (tertiary/aromatic N) is 1. The van der Waals surface area contributed by atoms with E-state index in [1.807, 2.05) is 33.7 Å². The summed E-state index contributed by atoms with van der Waals surface area (Å²) in [5.74, 6) is 7.58. The van der Waals surface area contributed by atoms with Gasteiger partial charge in [-0.15, -0.1) is 0 Å². The van der Waals surface area contributed by atoms with Crippen molar-refractivity contribution in [2.75, 3.05) is 29.5 Å². The molecule has 122 valence electrons. The third-order valence-electron chi connectivity index (χ3n) is 3.69. The summed E-state index contributed by atoms with van der Waals surface area (Å²) in [5, 5.41) is 8.89. The fourth-order valence-electron chi connectivity index (χ4n) is 2.38. The maximum atomic E-state index is 10.8. The molecule has 1 aliphatic heterocycles. The van der Waals surface area contributed by atoms with Gasteiger partial charge >= 0.3 is 5.97 Å². The van der Waals surface area contributed by atoms with Gasteiger partial charge in [-0.1, -0.05) is 33.4 Å². The van der Waals surface area contributed by atoms with Gasteiger partial charge in [-0.2, -0.15) is 0 Å². The molecule has 1 N–H and O–H groups in total. The highest BCUT2D eigenvalue weighted by atomic mass is 33.1. The number of hydrogen-bond acceptors (Lipinski definition) is 4. The molecule has 3 rings (SSSR count). The van der Waals surface area contributed by atoms with E-state index in [0.29, 0.717) is 0 Å². The van der Waals surface area contributed by atoms with Gasteiger partial charge in [-0.25, -0.2) is 4.79 Å². The van der Waals surface area contributed by atoms with E-state index < -0.39 is 5.97 Å². The molecule has 1 saturated heterocycles. The van der Waals surface area contributed by atoms with Gasteiger partial charge in [0.2, 0.25) is 0 Å². The number of rotatable bonds is 2. The van der Waals surface area contributed by atoms with Crippen LogP contribution in [0.4, 0.5) is 5.69 Å². The van der Waals surface area contributed by atoms with Crippen LogP contribution in [0.25, 0.3) is 0 Å². The number of carbonyl (C=O) groups is 1. The van der Waals surface area contributed by atoms with Crippen molar-refractivity contribution in [3.63, 3.8) is 0 Å². The Hall–Kier alpha value is -2.03. The van der Waals surface area contributed by atoms with Crippen molar-refractivity contribution in [2.45, 2.75) is 0 Å². The molecule has 1 heterocycles. The zero-order chi connectivity index (χ0) is 16.8. The standard InChI is InChI=1S/C19H17NO2S2/c21-19(22)17-7-3-15(4-8-17)1-2-16-5-9-18(10-6-16)20-11-13-23-24-14-12-20/h3-10H,11-14H2,(H,21,22). The van der Waals surface area contributed by atoms with Crippen LogP contribution in [0.2, 0.25) is 0 Å². The molecule has 1 aliphatic rings. The monoisotopic (exact) mass is 355 g/mol. The second-order valence-electron chi connectivity index (χ2n) is 5.31. The maximum absolute atomic E-state index is 10.8. The van der Waals surface area contributed by atoms with E-state index in [1.54, 1.807) is 24.3 Å². The summed E-state index contributed by atoms with van der Waals surface area (Å²) in [6.45, 7) is 2.16. The molecule has 2 aromatic rings. The minimum Gasteiger partial charge on any atom is -0.478 e. The number of benzene rings is 2. The molecular weight excluding hydrogens is 338 g/mol. The zero-order valence-corrected chi connectivity index (χ0v) is 14.7. The van der Waals surface area contributed by atoms with Crippen LogP contribution in [0.1, 0.15) is 21.5 Å². The molecule has 0 spiro atoms. The van der Waals surface area contributed by atoms with Crippen LogP contribution < -0.4 is 4.90 Å². The Labute approximate surface area is 149 Å². The highest BCUT2D eigenvalue weighted by Crippen LogP contribution is 2.26. The predicted octanol–water partition coefficient (Wildman–Crippen LogP) is 3.99. The number of aromatic carboxylic acids is 1. The predicted molar refractivity (Wildman–Crippen MR) is 103 cm³/mol. The van der Waals surface area contributed by atoms with E-state index in [-0.39, 0.29) is 5.56 Å². The van der Waals surface area contributed by atoms with Crippen molar-refractivity contribution in [1.82, 2.24) is 0 Å². The lowest BCUT2D eigenvalue weighted by molar-refractivity contribution is 0.0697. The van der Waals surface area contributed by atoms with Gasteiger partial charge in [-0.05, 0) is 48.5 Å². The molecule has 1 fully saturated rings. The van der Waals surface area contributed by atoms with Crippen molar-refractivity contribution in [2.24, 2.45) is 0 Å². The fraction of sp³-hybridized carbons (Fsp3) is 0.211. The topological polar surface area (TPSA) is 40.5 Å². The van der Waals surface area contributed by atoms with Gasteiger partial charge in [0.05, 0.1) is 5.56 Å². The van der Waals surface area contributed by atoms with Crippen LogP contribution in [0.15, 0.2) is 48.5 Å². The molecule has 0 radical (unpaired) electrons. The summed E-state index contributed by atoms with van der Waals surface area (Å²) >= 11 is 0. The lowest BCUT2D eigenvalue weighted by Crippen LogP contribution is -2.26. The fourth-order valence-corrected chi connectivity index (χ4v) is 4.36. The van der Waals surface area contributed by atoms with E-state index in [4.69, 9.17) is 5.11 Å². The molecule has 0 saturated carbocycles. The zero-order valence-electron chi connectivity index (χ0n) is 13.1. The van der Waals surface area contributed by atoms with E-state index in [1.165, 1.54) is 5.69 Å². The van der Waals surface area contributed by atoms with Crippen LogP contribution in [-0.4, -0.2) is 35.7 Å². The Morgan fingerprint density at radius 1 is 0.875 bits per heavy atom. The number of carboxylic acids is 1. The molecule has 5 heteroatoms. The smallest absolute Gasteiger partial charge is 0.335 e. The highest BCUT2D eigenvalue weighted by Gasteiger charge is 2.09. The molecule has 0 unspecified atom stereocenters. The lowest BCUT2D eigenvalue weighted by atomic mass is 10.1.